The summed E-state index contributed by atoms with van der Waals surface area (Å²) in [4.78, 5) is 26.7. The number of methoxy groups -OCH3 is 2. The van der Waals surface area contributed by atoms with Crippen LogP contribution >= 0.6 is 0 Å². The Kier molecular flexibility index (Phi) is 8.49. The van der Waals surface area contributed by atoms with Gasteiger partial charge in [0.15, 0.2) is 11.5 Å². The molecule has 4 fully saturated rings. The van der Waals surface area contributed by atoms with Crippen LogP contribution in [0.15, 0.2) is 35.9 Å². The van der Waals surface area contributed by atoms with Gasteiger partial charge in [-0.25, -0.2) is 4.79 Å². The first-order chi connectivity index (χ1) is 22.4. The van der Waals surface area contributed by atoms with E-state index < -0.39 is 28.9 Å². The number of carbonyl (C=O) groups is 2. The molecule has 0 spiro atoms. The predicted octanol–water partition coefficient (Wildman–Crippen LogP) is 8.49. The van der Waals surface area contributed by atoms with Crippen LogP contribution in [0.25, 0.3) is 6.08 Å². The molecule has 2 N–H and O–H groups in total. The highest BCUT2D eigenvalue weighted by Gasteiger charge is 2.70. The smallest absolute Gasteiger partial charge is 0.331 e. The lowest BCUT2D eigenvalue weighted by atomic mass is 9.33. The highest BCUT2D eigenvalue weighted by atomic mass is 16.5. The number of carboxylic acid groups (broad SMARTS) is 1. The average molecular weight is 663 g/mol. The molecule has 0 aromatic heterocycles. The lowest BCUT2D eigenvalue weighted by Gasteiger charge is -2.71. The van der Waals surface area contributed by atoms with E-state index in [0.717, 1.165) is 44.1 Å². The number of aliphatic carboxylic acids is 1. The first kappa shape index (κ1) is 35.0. The highest BCUT2D eigenvalue weighted by Crippen LogP contribution is 2.75. The van der Waals surface area contributed by atoms with Gasteiger partial charge >= 0.3 is 11.9 Å². The van der Waals surface area contributed by atoms with Crippen LogP contribution in [0, 0.1) is 50.2 Å². The number of rotatable bonds is 6. The molecule has 0 amide bonds. The van der Waals surface area contributed by atoms with Gasteiger partial charge < -0.3 is 24.4 Å². The number of esters is 1. The van der Waals surface area contributed by atoms with Crippen LogP contribution in [-0.2, 0) is 14.3 Å². The van der Waals surface area contributed by atoms with E-state index in [1.54, 1.807) is 32.4 Å². The molecule has 6 rings (SSSR count). The summed E-state index contributed by atoms with van der Waals surface area (Å²) in [5.41, 5.74) is 0.716. The van der Waals surface area contributed by atoms with E-state index in [1.165, 1.54) is 11.6 Å². The molecule has 9 unspecified atom stereocenters. The average Bonchev–Trinajstić information content (AvgIpc) is 3.02. The number of hydrogen-bond acceptors (Lipinski definition) is 6. The zero-order valence-electron chi connectivity index (χ0n) is 30.7. The molecular formula is C41H58O7. The molecule has 264 valence electrons. The van der Waals surface area contributed by atoms with Gasteiger partial charge in [0.25, 0.3) is 0 Å². The van der Waals surface area contributed by atoms with Crippen molar-refractivity contribution >= 4 is 18.0 Å². The van der Waals surface area contributed by atoms with Gasteiger partial charge in [-0.3, -0.25) is 4.79 Å². The summed E-state index contributed by atoms with van der Waals surface area (Å²) in [6.07, 6.45) is 12.2. The summed E-state index contributed by atoms with van der Waals surface area (Å²) < 4.78 is 16.8. The summed E-state index contributed by atoms with van der Waals surface area (Å²) in [6.45, 7) is 16.3. The van der Waals surface area contributed by atoms with Crippen molar-refractivity contribution in [3.05, 3.63) is 41.5 Å². The number of allylic oxidation sites excluding steroid dienone is 2. The standard InChI is InChI=1S/C41H58O7/c1-36(2)23-27-26-12-14-31-38(5)18-17-32(42)37(3,4)30(38)16-19-40(31,7)39(26,6)20-21-41(27,35(44)45)24-33(36)48-34(43)15-11-25-10-13-28(46-8)29(22-25)47-9/h10-13,15,22,27,30-33,42H,14,16-21,23-24H2,1-9H3,(H,44,45). The van der Waals surface area contributed by atoms with E-state index in [1.807, 2.05) is 6.07 Å². The Morgan fingerprint density at radius 2 is 1.58 bits per heavy atom. The molecule has 0 radical (unpaired) electrons. The molecule has 1 aromatic rings. The summed E-state index contributed by atoms with van der Waals surface area (Å²) in [5.74, 6) is 0.797. The number of benzene rings is 1. The molecule has 0 saturated heterocycles. The molecule has 7 nitrogen and oxygen atoms in total. The van der Waals surface area contributed by atoms with Crippen LogP contribution in [0.1, 0.15) is 112 Å². The molecule has 0 aliphatic heterocycles. The molecule has 4 saturated carbocycles. The fourth-order valence-corrected chi connectivity index (χ4v) is 12.1. The molecule has 5 aliphatic rings. The second kappa shape index (κ2) is 11.6. The normalized spacial score (nSPS) is 41.1. The quantitative estimate of drug-likeness (QED) is 0.179. The van der Waals surface area contributed by atoms with Gasteiger partial charge in [0.1, 0.15) is 6.10 Å². The van der Waals surface area contributed by atoms with Crippen molar-refractivity contribution in [3.63, 3.8) is 0 Å². The number of aliphatic hydroxyl groups excluding tert-OH is 1. The Labute approximate surface area is 287 Å². The molecule has 7 heteroatoms. The minimum absolute atomic E-state index is 0.0494. The predicted molar refractivity (Wildman–Crippen MR) is 187 cm³/mol. The Morgan fingerprint density at radius 1 is 0.875 bits per heavy atom. The Morgan fingerprint density at radius 3 is 2.25 bits per heavy atom. The van der Waals surface area contributed by atoms with Crippen LogP contribution in [0.3, 0.4) is 0 Å². The lowest BCUT2D eigenvalue weighted by Crippen LogP contribution is -2.65. The third-order valence-corrected chi connectivity index (χ3v) is 15.3. The second-order valence-corrected chi connectivity index (χ2v) is 18.0. The van der Waals surface area contributed by atoms with Gasteiger partial charge in [0, 0.05) is 17.9 Å². The third kappa shape index (κ3) is 4.99. The van der Waals surface area contributed by atoms with Gasteiger partial charge in [0.2, 0.25) is 0 Å². The van der Waals surface area contributed by atoms with E-state index in [4.69, 9.17) is 14.2 Å². The van der Waals surface area contributed by atoms with Crippen molar-refractivity contribution in [2.24, 2.45) is 50.2 Å². The van der Waals surface area contributed by atoms with Crippen LogP contribution in [-0.4, -0.2) is 48.6 Å². The number of aliphatic hydroxyl groups is 1. The van der Waals surface area contributed by atoms with Crippen molar-refractivity contribution in [2.75, 3.05) is 14.2 Å². The Bertz CT molecular complexity index is 1520. The van der Waals surface area contributed by atoms with E-state index in [-0.39, 0.29) is 33.7 Å². The fourth-order valence-electron chi connectivity index (χ4n) is 12.1. The van der Waals surface area contributed by atoms with Crippen LogP contribution < -0.4 is 9.47 Å². The molecule has 0 bridgehead atoms. The zero-order chi connectivity index (χ0) is 35.1. The minimum atomic E-state index is -0.972. The number of fused-ring (bicyclic) bond motifs is 7. The highest BCUT2D eigenvalue weighted by molar-refractivity contribution is 5.87. The number of carboxylic acids is 1. The fraction of sp³-hybridized carbons (Fsp3) is 0.707. The molecule has 0 heterocycles. The van der Waals surface area contributed by atoms with Crippen LogP contribution in [0.5, 0.6) is 11.5 Å². The van der Waals surface area contributed by atoms with Crippen LogP contribution in [0.2, 0.25) is 0 Å². The second-order valence-electron chi connectivity index (χ2n) is 18.0. The van der Waals surface area contributed by atoms with Gasteiger partial charge in [-0.15, -0.1) is 0 Å². The maximum Gasteiger partial charge on any atom is 0.331 e. The first-order valence-corrected chi connectivity index (χ1v) is 18.1. The van der Waals surface area contributed by atoms with Gasteiger partial charge in [-0.05, 0) is 115 Å². The number of carbonyl (C=O) groups excluding carboxylic acids is 1. The van der Waals surface area contributed by atoms with E-state index in [0.29, 0.717) is 42.6 Å². The monoisotopic (exact) mass is 662 g/mol. The summed E-state index contributed by atoms with van der Waals surface area (Å²) in [5, 5.41) is 22.0. The van der Waals surface area contributed by atoms with Crippen LogP contribution in [0.4, 0.5) is 0 Å². The van der Waals surface area contributed by atoms with Gasteiger partial charge in [-0.1, -0.05) is 66.2 Å². The molecule has 48 heavy (non-hydrogen) atoms. The number of ether oxygens (including phenoxy) is 3. The van der Waals surface area contributed by atoms with Crippen molar-refractivity contribution in [1.29, 1.82) is 0 Å². The van der Waals surface area contributed by atoms with E-state index in [9.17, 15) is 19.8 Å². The van der Waals surface area contributed by atoms with Crippen molar-refractivity contribution in [2.45, 2.75) is 118 Å². The van der Waals surface area contributed by atoms with Crippen molar-refractivity contribution < 1.29 is 34.0 Å². The minimum Gasteiger partial charge on any atom is -0.493 e. The molecule has 1 aromatic carbocycles. The van der Waals surface area contributed by atoms with Gasteiger partial charge in [-0.2, -0.15) is 0 Å². The lowest BCUT2D eigenvalue weighted by molar-refractivity contribution is -0.210. The SMILES string of the molecule is COc1ccc(C=CC(=O)OC2CC3(C(=O)O)CCC4(C)C(=CCC5C6(C)CCC(O)C(C)(C)C6CCC54C)C3CC2(C)C)cc1OC. The Balaban J connectivity index is 1.27. The maximum atomic E-state index is 13.4. The Hall–Kier alpha value is -2.80. The first-order valence-electron chi connectivity index (χ1n) is 18.1. The van der Waals surface area contributed by atoms with Crippen molar-refractivity contribution in [1.82, 2.24) is 0 Å². The van der Waals surface area contributed by atoms with E-state index >= 15 is 0 Å². The van der Waals surface area contributed by atoms with Crippen molar-refractivity contribution in [3.8, 4) is 11.5 Å². The van der Waals surface area contributed by atoms with E-state index in [2.05, 4.69) is 54.5 Å². The molecular weight excluding hydrogens is 604 g/mol. The van der Waals surface area contributed by atoms with Gasteiger partial charge in [0.05, 0.1) is 25.7 Å². The largest absolute Gasteiger partial charge is 0.493 e. The zero-order valence-corrected chi connectivity index (χ0v) is 30.7. The topological polar surface area (TPSA) is 102 Å². The summed E-state index contributed by atoms with van der Waals surface area (Å²) >= 11 is 0. The maximum absolute atomic E-state index is 13.4. The molecule has 5 aliphatic carbocycles. The summed E-state index contributed by atoms with van der Waals surface area (Å²) in [7, 11) is 3.15. The third-order valence-electron chi connectivity index (χ3n) is 15.3. The number of hydrogen-bond donors (Lipinski definition) is 2. The summed E-state index contributed by atoms with van der Waals surface area (Å²) in [6, 6.07) is 5.42. The molecule has 9 atom stereocenters.